The fourth-order valence-corrected chi connectivity index (χ4v) is 2.61. The molecule has 0 bridgehead atoms. The van der Waals surface area contributed by atoms with Crippen molar-refractivity contribution in [2.24, 2.45) is 5.92 Å². The Bertz CT molecular complexity index is 334. The van der Waals surface area contributed by atoms with Gasteiger partial charge in [0, 0.05) is 19.0 Å². The summed E-state index contributed by atoms with van der Waals surface area (Å²) in [7, 11) is 0. The number of aliphatic hydroxyl groups excluding tert-OH is 1. The van der Waals surface area contributed by atoms with E-state index in [9.17, 15) is 9.90 Å². The molecule has 2 heterocycles. The molecule has 0 aromatic carbocycles. The minimum absolute atomic E-state index is 0.105. The quantitative estimate of drug-likeness (QED) is 0.830. The first kappa shape index (κ1) is 10.6. The van der Waals surface area contributed by atoms with E-state index in [1.807, 2.05) is 22.4 Å². The van der Waals surface area contributed by atoms with Crippen LogP contribution in [0.2, 0.25) is 0 Å². The Hall–Kier alpha value is -0.870. The van der Waals surface area contributed by atoms with Crippen LogP contribution in [0.1, 0.15) is 23.0 Å². The molecule has 1 aromatic rings. The van der Waals surface area contributed by atoms with Crippen LogP contribution in [0.25, 0.3) is 0 Å². The Balaban J connectivity index is 1.99. The zero-order valence-electron chi connectivity index (χ0n) is 8.72. The molecule has 1 aliphatic heterocycles. The van der Waals surface area contributed by atoms with Crippen LogP contribution < -0.4 is 0 Å². The lowest BCUT2D eigenvalue weighted by Crippen LogP contribution is -2.29. The smallest absolute Gasteiger partial charge is 0.263 e. The Morgan fingerprint density at radius 1 is 1.73 bits per heavy atom. The number of rotatable bonds is 2. The molecule has 4 heteroatoms. The van der Waals surface area contributed by atoms with Crippen LogP contribution in [0.4, 0.5) is 0 Å². The van der Waals surface area contributed by atoms with Gasteiger partial charge in [-0.05, 0) is 24.8 Å². The van der Waals surface area contributed by atoms with Crippen LogP contribution in [0.15, 0.2) is 17.5 Å². The number of hydrogen-bond donors (Lipinski definition) is 1. The third-order valence-corrected chi connectivity index (χ3v) is 3.78. The van der Waals surface area contributed by atoms with E-state index in [-0.39, 0.29) is 17.9 Å². The molecular weight excluding hydrogens is 210 g/mol. The fraction of sp³-hybridized carbons (Fsp3) is 0.545. The first-order chi connectivity index (χ1) is 7.18. The summed E-state index contributed by atoms with van der Waals surface area (Å²) >= 11 is 1.47. The maximum atomic E-state index is 11.9. The van der Waals surface area contributed by atoms with Crippen molar-refractivity contribution in [3.63, 3.8) is 0 Å². The van der Waals surface area contributed by atoms with Crippen LogP contribution in [0, 0.1) is 5.92 Å². The monoisotopic (exact) mass is 225 g/mol. The number of thiophene rings is 1. The normalized spacial score (nSPS) is 23.1. The van der Waals surface area contributed by atoms with Gasteiger partial charge in [-0.25, -0.2) is 0 Å². The minimum Gasteiger partial charge on any atom is -0.393 e. The van der Waals surface area contributed by atoms with Crippen molar-refractivity contribution in [2.45, 2.75) is 19.4 Å². The van der Waals surface area contributed by atoms with Crippen molar-refractivity contribution in [1.29, 1.82) is 0 Å². The third kappa shape index (κ3) is 2.21. The van der Waals surface area contributed by atoms with E-state index in [0.717, 1.165) is 17.8 Å². The SMILES string of the molecule is CC(O)C1CCN(C(=O)c2cccs2)C1. The molecule has 2 rings (SSSR count). The van der Waals surface area contributed by atoms with Crippen molar-refractivity contribution in [2.75, 3.05) is 13.1 Å². The van der Waals surface area contributed by atoms with E-state index < -0.39 is 0 Å². The van der Waals surface area contributed by atoms with E-state index in [2.05, 4.69) is 0 Å². The Kier molecular flexibility index (Phi) is 3.07. The molecule has 0 saturated carbocycles. The zero-order chi connectivity index (χ0) is 10.8. The molecule has 82 valence electrons. The highest BCUT2D eigenvalue weighted by Gasteiger charge is 2.29. The van der Waals surface area contributed by atoms with Gasteiger partial charge in [0.1, 0.15) is 0 Å². The van der Waals surface area contributed by atoms with Crippen LogP contribution in [-0.4, -0.2) is 35.1 Å². The lowest BCUT2D eigenvalue weighted by molar-refractivity contribution is 0.0767. The summed E-state index contributed by atoms with van der Waals surface area (Å²) in [5.74, 6) is 0.349. The molecule has 1 fully saturated rings. The average molecular weight is 225 g/mol. The van der Waals surface area contributed by atoms with Crippen LogP contribution in [0.5, 0.6) is 0 Å². The van der Waals surface area contributed by atoms with E-state index in [1.165, 1.54) is 11.3 Å². The number of carbonyl (C=O) groups excluding carboxylic acids is 1. The highest BCUT2D eigenvalue weighted by molar-refractivity contribution is 7.12. The molecule has 0 radical (unpaired) electrons. The van der Waals surface area contributed by atoms with Gasteiger partial charge in [0.05, 0.1) is 11.0 Å². The number of likely N-dealkylation sites (tertiary alicyclic amines) is 1. The second-order valence-electron chi connectivity index (χ2n) is 4.02. The first-order valence-corrected chi connectivity index (χ1v) is 6.07. The molecule has 3 nitrogen and oxygen atoms in total. The van der Waals surface area contributed by atoms with Gasteiger partial charge in [-0.2, -0.15) is 0 Å². The fourth-order valence-electron chi connectivity index (χ4n) is 1.92. The topological polar surface area (TPSA) is 40.5 Å². The Labute approximate surface area is 93.3 Å². The maximum Gasteiger partial charge on any atom is 0.263 e. The molecule has 1 N–H and O–H groups in total. The molecule has 1 amide bonds. The van der Waals surface area contributed by atoms with Crippen LogP contribution >= 0.6 is 11.3 Å². The van der Waals surface area contributed by atoms with E-state index >= 15 is 0 Å². The van der Waals surface area contributed by atoms with Gasteiger partial charge in [-0.3, -0.25) is 4.79 Å². The van der Waals surface area contributed by atoms with Gasteiger partial charge < -0.3 is 10.0 Å². The van der Waals surface area contributed by atoms with Gasteiger partial charge in [0.2, 0.25) is 0 Å². The number of aliphatic hydroxyl groups is 1. The molecule has 1 aliphatic rings. The summed E-state index contributed by atoms with van der Waals surface area (Å²) in [5.41, 5.74) is 0. The number of hydrogen-bond acceptors (Lipinski definition) is 3. The lowest BCUT2D eigenvalue weighted by Gasteiger charge is -2.16. The lowest BCUT2D eigenvalue weighted by atomic mass is 10.0. The minimum atomic E-state index is -0.314. The van der Waals surface area contributed by atoms with E-state index in [4.69, 9.17) is 0 Å². The summed E-state index contributed by atoms with van der Waals surface area (Å²) in [4.78, 5) is 14.6. The van der Waals surface area contributed by atoms with E-state index in [1.54, 1.807) is 6.92 Å². The van der Waals surface area contributed by atoms with Gasteiger partial charge in [-0.1, -0.05) is 6.07 Å². The van der Waals surface area contributed by atoms with Gasteiger partial charge in [0.25, 0.3) is 5.91 Å². The van der Waals surface area contributed by atoms with Crippen LogP contribution in [0.3, 0.4) is 0 Å². The zero-order valence-corrected chi connectivity index (χ0v) is 9.54. The van der Waals surface area contributed by atoms with Crippen LogP contribution in [-0.2, 0) is 0 Å². The number of nitrogens with zero attached hydrogens (tertiary/aromatic N) is 1. The van der Waals surface area contributed by atoms with Gasteiger partial charge in [-0.15, -0.1) is 11.3 Å². The standard InChI is InChI=1S/C11H15NO2S/c1-8(13)9-4-5-12(7-9)11(14)10-3-2-6-15-10/h2-3,6,8-9,13H,4-5,7H2,1H3. The second-order valence-corrected chi connectivity index (χ2v) is 4.97. The molecule has 1 saturated heterocycles. The van der Waals surface area contributed by atoms with Crippen molar-refractivity contribution in [1.82, 2.24) is 4.90 Å². The summed E-state index contributed by atoms with van der Waals surface area (Å²) < 4.78 is 0. The van der Waals surface area contributed by atoms with Gasteiger partial charge >= 0.3 is 0 Å². The largest absolute Gasteiger partial charge is 0.393 e. The predicted molar refractivity (Wildman–Crippen MR) is 60.0 cm³/mol. The molecule has 15 heavy (non-hydrogen) atoms. The summed E-state index contributed by atoms with van der Waals surface area (Å²) in [6, 6.07) is 3.74. The number of carbonyl (C=O) groups is 1. The molecule has 0 aliphatic carbocycles. The highest BCUT2D eigenvalue weighted by Crippen LogP contribution is 2.22. The highest BCUT2D eigenvalue weighted by atomic mass is 32.1. The molecular formula is C11H15NO2S. The molecule has 2 unspecified atom stereocenters. The third-order valence-electron chi connectivity index (χ3n) is 2.93. The summed E-state index contributed by atoms with van der Waals surface area (Å²) in [6.45, 7) is 3.25. The van der Waals surface area contributed by atoms with Crippen molar-refractivity contribution in [3.8, 4) is 0 Å². The summed E-state index contributed by atoms with van der Waals surface area (Å²) in [6.07, 6.45) is 0.598. The van der Waals surface area contributed by atoms with Crippen molar-refractivity contribution < 1.29 is 9.90 Å². The summed E-state index contributed by atoms with van der Waals surface area (Å²) in [5, 5.41) is 11.4. The number of amides is 1. The Morgan fingerprint density at radius 3 is 3.07 bits per heavy atom. The molecule has 1 aromatic heterocycles. The second kappa shape index (κ2) is 4.33. The molecule has 2 atom stereocenters. The maximum absolute atomic E-state index is 11.9. The first-order valence-electron chi connectivity index (χ1n) is 5.19. The molecule has 0 spiro atoms. The predicted octanol–water partition coefficient (Wildman–Crippen LogP) is 1.59. The van der Waals surface area contributed by atoms with Crippen molar-refractivity contribution in [3.05, 3.63) is 22.4 Å². The Morgan fingerprint density at radius 2 is 2.53 bits per heavy atom. The van der Waals surface area contributed by atoms with Gasteiger partial charge in [0.15, 0.2) is 0 Å². The average Bonchev–Trinajstić information content (AvgIpc) is 2.88. The van der Waals surface area contributed by atoms with Crippen molar-refractivity contribution >= 4 is 17.2 Å². The van der Waals surface area contributed by atoms with E-state index in [0.29, 0.717) is 6.54 Å².